The van der Waals surface area contributed by atoms with Crippen LogP contribution in [0.25, 0.3) is 0 Å². The molecule has 0 aromatic rings. The van der Waals surface area contributed by atoms with Gasteiger partial charge >= 0.3 is 0 Å². The first-order chi connectivity index (χ1) is 37.7. The summed E-state index contributed by atoms with van der Waals surface area (Å²) >= 11 is 0. The molecule has 1 saturated heterocycles. The molecule has 11 heteroatoms. The molecule has 0 bridgehead atoms. The number of allylic oxidation sites excluding steroid dienone is 8. The van der Waals surface area contributed by atoms with E-state index in [0.29, 0.717) is 19.3 Å². The summed E-state index contributed by atoms with van der Waals surface area (Å²) in [5, 5.41) is 76.3. The summed E-state index contributed by atoms with van der Waals surface area (Å²) in [5.41, 5.74) is 0. The van der Waals surface area contributed by atoms with Gasteiger partial charge in [-0.15, -0.1) is 0 Å². The Morgan fingerprint density at radius 3 is 1.23 bits per heavy atom. The first-order valence-corrected chi connectivity index (χ1v) is 32.5. The molecule has 0 aliphatic carbocycles. The lowest BCUT2D eigenvalue weighted by atomic mass is 9.98. The highest BCUT2D eigenvalue weighted by Gasteiger charge is 2.44. The van der Waals surface area contributed by atoms with Crippen LogP contribution in [0.5, 0.6) is 0 Å². The highest BCUT2D eigenvalue weighted by Crippen LogP contribution is 2.23. The zero-order valence-electron chi connectivity index (χ0n) is 49.7. The maximum atomic E-state index is 13.2. The Balaban J connectivity index is 2.25. The van der Waals surface area contributed by atoms with Gasteiger partial charge in [-0.05, 0) is 83.5 Å². The van der Waals surface area contributed by atoms with Gasteiger partial charge in [-0.25, -0.2) is 0 Å². The van der Waals surface area contributed by atoms with Crippen LogP contribution in [0.15, 0.2) is 48.6 Å². The number of hydrogen-bond donors (Lipinski definition) is 8. The molecule has 0 radical (unpaired) electrons. The lowest BCUT2D eigenvalue weighted by Gasteiger charge is -2.40. The Morgan fingerprint density at radius 1 is 0.455 bits per heavy atom. The summed E-state index contributed by atoms with van der Waals surface area (Å²) in [6.45, 7) is 3.47. The van der Waals surface area contributed by atoms with E-state index in [2.05, 4.69) is 67.8 Å². The van der Waals surface area contributed by atoms with Crippen LogP contribution in [0.2, 0.25) is 0 Å². The van der Waals surface area contributed by atoms with E-state index in [9.17, 15) is 40.5 Å². The van der Waals surface area contributed by atoms with Crippen molar-refractivity contribution in [3.63, 3.8) is 0 Å². The van der Waals surface area contributed by atoms with Crippen molar-refractivity contribution in [3.8, 4) is 0 Å². The molecule has 452 valence electrons. The van der Waals surface area contributed by atoms with E-state index in [1.807, 2.05) is 0 Å². The van der Waals surface area contributed by atoms with Gasteiger partial charge in [0.05, 0.1) is 25.4 Å². The van der Waals surface area contributed by atoms with Crippen molar-refractivity contribution in [2.24, 2.45) is 0 Å². The fourth-order valence-corrected chi connectivity index (χ4v) is 10.3. The number of carbonyl (C=O) groups is 1. The average molecular weight is 1090 g/mol. The van der Waals surface area contributed by atoms with Crippen LogP contribution in [0.1, 0.15) is 296 Å². The van der Waals surface area contributed by atoms with E-state index in [4.69, 9.17) is 9.47 Å². The lowest BCUT2D eigenvalue weighted by Crippen LogP contribution is -2.60. The van der Waals surface area contributed by atoms with E-state index in [1.165, 1.54) is 205 Å². The quantitative estimate of drug-likeness (QED) is 0.0215. The number of amides is 1. The van der Waals surface area contributed by atoms with E-state index < -0.39 is 74.2 Å². The Labute approximate surface area is 472 Å². The third-order valence-electron chi connectivity index (χ3n) is 15.6. The zero-order valence-corrected chi connectivity index (χ0v) is 49.7. The lowest BCUT2D eigenvalue weighted by molar-refractivity contribution is -0.303. The number of unbranched alkanes of at least 4 members (excludes halogenated alkanes) is 36. The van der Waals surface area contributed by atoms with Crippen molar-refractivity contribution in [1.82, 2.24) is 5.32 Å². The van der Waals surface area contributed by atoms with Gasteiger partial charge in [0.15, 0.2) is 6.29 Å². The van der Waals surface area contributed by atoms with Crippen molar-refractivity contribution in [2.75, 3.05) is 13.2 Å². The van der Waals surface area contributed by atoms with Crippen molar-refractivity contribution >= 4 is 5.91 Å². The summed E-state index contributed by atoms with van der Waals surface area (Å²) in [7, 11) is 0. The van der Waals surface area contributed by atoms with E-state index >= 15 is 0 Å². The zero-order chi connectivity index (χ0) is 56.1. The third-order valence-corrected chi connectivity index (χ3v) is 15.6. The van der Waals surface area contributed by atoms with Crippen LogP contribution in [-0.4, -0.2) is 110 Å². The Kier molecular flexibility index (Phi) is 51.9. The van der Waals surface area contributed by atoms with Crippen LogP contribution < -0.4 is 5.32 Å². The number of aliphatic hydroxyl groups is 7. The molecule has 0 saturated carbocycles. The van der Waals surface area contributed by atoms with Crippen LogP contribution in [0, 0.1) is 0 Å². The second kappa shape index (κ2) is 54.6. The number of carbonyl (C=O) groups excluding carboxylic acids is 1. The molecular weight excluding hydrogens is 967 g/mol. The van der Waals surface area contributed by atoms with Gasteiger partial charge in [-0.2, -0.15) is 0 Å². The van der Waals surface area contributed by atoms with Gasteiger partial charge in [-0.3, -0.25) is 4.79 Å². The Hall–Kier alpha value is -1.93. The van der Waals surface area contributed by atoms with Crippen molar-refractivity contribution in [1.29, 1.82) is 0 Å². The maximum Gasteiger partial charge on any atom is 0.249 e. The molecule has 1 fully saturated rings. The first-order valence-electron chi connectivity index (χ1n) is 32.5. The van der Waals surface area contributed by atoms with Gasteiger partial charge in [0.2, 0.25) is 5.91 Å². The molecule has 9 unspecified atom stereocenters. The summed E-state index contributed by atoms with van der Waals surface area (Å²) in [6, 6.07) is -1.19. The molecule has 1 heterocycles. The van der Waals surface area contributed by atoms with Gasteiger partial charge in [0.25, 0.3) is 0 Å². The van der Waals surface area contributed by atoms with E-state index in [-0.39, 0.29) is 12.8 Å². The van der Waals surface area contributed by atoms with E-state index in [0.717, 1.165) is 44.9 Å². The van der Waals surface area contributed by atoms with Crippen LogP contribution in [0.3, 0.4) is 0 Å². The fraction of sp³-hybridized carbons (Fsp3) is 0.864. The molecule has 77 heavy (non-hydrogen) atoms. The Morgan fingerprint density at radius 2 is 0.818 bits per heavy atom. The molecule has 0 spiro atoms. The van der Waals surface area contributed by atoms with Crippen LogP contribution in [-0.2, 0) is 14.3 Å². The molecule has 0 aromatic carbocycles. The molecule has 0 aromatic heterocycles. The van der Waals surface area contributed by atoms with E-state index in [1.54, 1.807) is 0 Å². The SMILES string of the molecule is CCCCCCCCCCC/C=C\C/C=C\CCCCCCCCCCCCCCCCC(O)C(=O)NC(COC1OC(CO)C(O)C(O)C1O)C(O)C(O)CCC/C=C/CC/C=C/CCCCCCCCCCCCC. The fourth-order valence-electron chi connectivity index (χ4n) is 10.3. The summed E-state index contributed by atoms with van der Waals surface area (Å²) in [6.07, 6.45) is 58.9. The second-order valence-electron chi connectivity index (χ2n) is 22.8. The van der Waals surface area contributed by atoms with Gasteiger partial charge in [0, 0.05) is 0 Å². The summed E-state index contributed by atoms with van der Waals surface area (Å²) in [4.78, 5) is 13.2. The minimum Gasteiger partial charge on any atom is -0.394 e. The number of aliphatic hydroxyl groups excluding tert-OH is 7. The smallest absolute Gasteiger partial charge is 0.249 e. The average Bonchev–Trinajstić information content (AvgIpc) is 3.43. The number of ether oxygens (including phenoxy) is 2. The standard InChI is InChI=1S/C66H123NO10/c1-3-5-7-9-11-13-15-17-19-21-23-25-26-27-28-29-30-31-32-33-34-36-38-40-42-44-46-48-50-52-54-59(70)65(75)67-57(56-76-66-64(74)63(73)62(72)60(55-68)77-66)61(71)58(69)53-51-49-47-45-43-41-39-37-35-24-22-20-18-16-14-12-10-8-6-4-2/h23,25,27-28,37,39,45,47,57-64,66,68-74H,3-22,24,26,29-36,38,40-44,46,48-56H2,1-2H3,(H,67,75)/b25-23-,28-27-,39-37+,47-45+. The van der Waals surface area contributed by atoms with Crippen LogP contribution in [0.4, 0.5) is 0 Å². The highest BCUT2D eigenvalue weighted by molar-refractivity contribution is 5.80. The molecular formula is C66H123NO10. The maximum absolute atomic E-state index is 13.2. The van der Waals surface area contributed by atoms with Crippen molar-refractivity contribution < 1.29 is 50.0 Å². The Bertz CT molecular complexity index is 1390. The van der Waals surface area contributed by atoms with Crippen LogP contribution >= 0.6 is 0 Å². The number of nitrogens with one attached hydrogen (secondary N) is 1. The largest absolute Gasteiger partial charge is 0.394 e. The number of hydrogen-bond acceptors (Lipinski definition) is 10. The normalized spacial score (nSPS) is 19.8. The molecule has 1 aliphatic rings. The van der Waals surface area contributed by atoms with Crippen molar-refractivity contribution in [2.45, 2.75) is 351 Å². The summed E-state index contributed by atoms with van der Waals surface area (Å²) in [5.74, 6) is -0.708. The molecule has 11 nitrogen and oxygen atoms in total. The molecule has 8 N–H and O–H groups in total. The molecule has 1 rings (SSSR count). The molecule has 1 aliphatic heterocycles. The topological polar surface area (TPSA) is 189 Å². The minimum absolute atomic E-state index is 0.246. The van der Waals surface area contributed by atoms with Crippen molar-refractivity contribution in [3.05, 3.63) is 48.6 Å². The highest BCUT2D eigenvalue weighted by atomic mass is 16.7. The predicted molar refractivity (Wildman–Crippen MR) is 321 cm³/mol. The number of rotatable bonds is 56. The minimum atomic E-state index is -1.67. The third kappa shape index (κ3) is 42.6. The molecule has 1 amide bonds. The first kappa shape index (κ1) is 73.1. The summed E-state index contributed by atoms with van der Waals surface area (Å²) < 4.78 is 11.2. The predicted octanol–water partition coefficient (Wildman–Crippen LogP) is 14.8. The second-order valence-corrected chi connectivity index (χ2v) is 22.8. The molecule has 9 atom stereocenters. The monoisotopic (exact) mass is 1090 g/mol. The van der Waals surface area contributed by atoms with Gasteiger partial charge in [-0.1, -0.05) is 262 Å². The van der Waals surface area contributed by atoms with Gasteiger partial charge in [0.1, 0.15) is 36.6 Å². The van der Waals surface area contributed by atoms with Gasteiger partial charge < -0.3 is 50.5 Å².